The molecule has 0 spiro atoms. The van der Waals surface area contributed by atoms with Crippen molar-refractivity contribution in [1.29, 1.82) is 0 Å². The molecule has 1 atom stereocenters. The molecule has 2 aromatic heterocycles. The minimum atomic E-state index is 0.606. The summed E-state index contributed by atoms with van der Waals surface area (Å²) in [7, 11) is 2.21. The number of anilines is 1. The normalized spacial score (nSPS) is 21.5. The molecular formula is C13H19N5. The van der Waals surface area contributed by atoms with E-state index in [-0.39, 0.29) is 0 Å². The molecule has 0 aromatic carbocycles. The van der Waals surface area contributed by atoms with Crippen LogP contribution in [0.25, 0.3) is 5.65 Å². The molecule has 1 unspecified atom stereocenters. The molecule has 0 amide bonds. The number of fused-ring (bicyclic) bond motifs is 1. The fourth-order valence-electron chi connectivity index (χ4n) is 2.76. The Bertz CT molecular complexity index is 547. The third-order valence-electron chi connectivity index (χ3n) is 3.88. The molecule has 0 radical (unpaired) electrons. The van der Waals surface area contributed by atoms with Crippen LogP contribution in [-0.2, 0) is 6.42 Å². The second-order valence-corrected chi connectivity index (χ2v) is 5.11. The Morgan fingerprint density at radius 2 is 2.33 bits per heavy atom. The highest BCUT2D eigenvalue weighted by Crippen LogP contribution is 2.21. The number of rotatable bonds is 2. The van der Waals surface area contributed by atoms with Gasteiger partial charge in [0.25, 0.3) is 0 Å². The minimum absolute atomic E-state index is 0.606. The first-order valence-corrected chi connectivity index (χ1v) is 6.53. The lowest BCUT2D eigenvalue weighted by molar-refractivity contribution is 0.185. The quantitative estimate of drug-likeness (QED) is 0.867. The van der Waals surface area contributed by atoms with Crippen molar-refractivity contribution < 1.29 is 0 Å². The predicted octanol–water partition coefficient (Wildman–Crippen LogP) is 1.34. The lowest BCUT2D eigenvalue weighted by atomic mass is 9.97. The van der Waals surface area contributed by atoms with Crippen molar-refractivity contribution in [3.8, 4) is 0 Å². The molecule has 2 aromatic rings. The zero-order chi connectivity index (χ0) is 12.5. The Morgan fingerprint density at radius 3 is 3.17 bits per heavy atom. The van der Waals surface area contributed by atoms with E-state index in [0.29, 0.717) is 11.9 Å². The number of nitrogens with zero attached hydrogens (tertiary/aromatic N) is 4. The van der Waals surface area contributed by atoms with Crippen molar-refractivity contribution in [3.05, 3.63) is 24.0 Å². The first-order valence-electron chi connectivity index (χ1n) is 6.53. The largest absolute Gasteiger partial charge is 0.384 e. The lowest BCUT2D eigenvalue weighted by Gasteiger charge is -2.32. The van der Waals surface area contributed by atoms with Crippen LogP contribution < -0.4 is 5.73 Å². The Labute approximate surface area is 107 Å². The van der Waals surface area contributed by atoms with E-state index in [0.717, 1.165) is 12.1 Å². The van der Waals surface area contributed by atoms with E-state index in [2.05, 4.69) is 22.0 Å². The molecule has 5 heteroatoms. The van der Waals surface area contributed by atoms with Gasteiger partial charge in [-0.3, -0.25) is 0 Å². The minimum Gasteiger partial charge on any atom is -0.384 e. The van der Waals surface area contributed by atoms with Crippen LogP contribution in [-0.4, -0.2) is 39.1 Å². The van der Waals surface area contributed by atoms with Gasteiger partial charge in [-0.1, -0.05) is 6.42 Å². The van der Waals surface area contributed by atoms with Crippen molar-refractivity contribution in [2.75, 3.05) is 19.3 Å². The van der Waals surface area contributed by atoms with E-state index in [4.69, 9.17) is 5.73 Å². The van der Waals surface area contributed by atoms with Gasteiger partial charge in [0, 0.05) is 17.8 Å². The molecule has 0 saturated carbocycles. The van der Waals surface area contributed by atoms with Crippen molar-refractivity contribution in [2.45, 2.75) is 31.7 Å². The first kappa shape index (κ1) is 11.5. The highest BCUT2D eigenvalue weighted by molar-refractivity contribution is 5.51. The van der Waals surface area contributed by atoms with Gasteiger partial charge in [-0.25, -0.2) is 4.98 Å². The van der Waals surface area contributed by atoms with Gasteiger partial charge < -0.3 is 10.6 Å². The SMILES string of the molecule is CN1CCCCC1Cc1cnn2c(N)ccnc12. The van der Waals surface area contributed by atoms with E-state index in [1.807, 2.05) is 6.20 Å². The molecular weight excluding hydrogens is 226 g/mol. The number of nitrogen functional groups attached to an aromatic ring is 1. The molecule has 1 fully saturated rings. The van der Waals surface area contributed by atoms with Crippen molar-refractivity contribution >= 4 is 11.5 Å². The monoisotopic (exact) mass is 245 g/mol. The summed E-state index contributed by atoms with van der Waals surface area (Å²) in [6.45, 7) is 1.19. The molecule has 96 valence electrons. The maximum atomic E-state index is 5.88. The Morgan fingerprint density at radius 1 is 1.44 bits per heavy atom. The van der Waals surface area contributed by atoms with Crippen LogP contribution in [0.3, 0.4) is 0 Å². The number of nitrogens with two attached hydrogens (primary N) is 1. The molecule has 0 bridgehead atoms. The first-order chi connectivity index (χ1) is 8.75. The van der Waals surface area contributed by atoms with E-state index in [1.54, 1.807) is 16.8 Å². The van der Waals surface area contributed by atoms with Gasteiger partial charge in [0.1, 0.15) is 5.82 Å². The number of aromatic nitrogens is 3. The summed E-state index contributed by atoms with van der Waals surface area (Å²) in [6, 6.07) is 2.38. The third-order valence-corrected chi connectivity index (χ3v) is 3.88. The molecule has 3 heterocycles. The highest BCUT2D eigenvalue weighted by Gasteiger charge is 2.21. The van der Waals surface area contributed by atoms with Crippen LogP contribution in [0.5, 0.6) is 0 Å². The number of hydrogen-bond acceptors (Lipinski definition) is 4. The zero-order valence-corrected chi connectivity index (χ0v) is 10.7. The number of piperidine rings is 1. The Hall–Kier alpha value is -1.62. The second-order valence-electron chi connectivity index (χ2n) is 5.11. The zero-order valence-electron chi connectivity index (χ0n) is 10.7. The van der Waals surface area contributed by atoms with Crippen LogP contribution in [0.4, 0.5) is 5.82 Å². The van der Waals surface area contributed by atoms with Gasteiger partial charge in [-0.05, 0) is 38.9 Å². The number of likely N-dealkylation sites (tertiary alicyclic amines) is 1. The van der Waals surface area contributed by atoms with E-state index < -0.39 is 0 Å². The van der Waals surface area contributed by atoms with Crippen LogP contribution in [0.15, 0.2) is 18.5 Å². The molecule has 5 nitrogen and oxygen atoms in total. The van der Waals surface area contributed by atoms with Gasteiger partial charge in [-0.2, -0.15) is 9.61 Å². The smallest absolute Gasteiger partial charge is 0.160 e. The van der Waals surface area contributed by atoms with Crippen LogP contribution in [0.1, 0.15) is 24.8 Å². The standard InChI is InChI=1S/C13H19N5/c1-17-7-3-2-4-11(17)8-10-9-16-18-12(14)5-6-15-13(10)18/h5-6,9,11H,2-4,7-8,14H2,1H3. The molecule has 18 heavy (non-hydrogen) atoms. The fraction of sp³-hybridized carbons (Fsp3) is 0.538. The van der Waals surface area contributed by atoms with Gasteiger partial charge in [0.05, 0.1) is 6.20 Å². The summed E-state index contributed by atoms with van der Waals surface area (Å²) in [5.74, 6) is 0.642. The van der Waals surface area contributed by atoms with Crippen LogP contribution in [0, 0.1) is 0 Å². The summed E-state index contributed by atoms with van der Waals surface area (Å²) in [4.78, 5) is 6.84. The topological polar surface area (TPSA) is 59.5 Å². The molecule has 1 saturated heterocycles. The van der Waals surface area contributed by atoms with Gasteiger partial charge in [0.2, 0.25) is 0 Å². The van der Waals surface area contributed by atoms with Crippen molar-refractivity contribution in [3.63, 3.8) is 0 Å². The third kappa shape index (κ3) is 1.95. The molecule has 0 aliphatic carbocycles. The summed E-state index contributed by atoms with van der Waals surface area (Å²) in [5.41, 5.74) is 7.97. The average Bonchev–Trinajstić information content (AvgIpc) is 2.77. The molecule has 1 aliphatic rings. The van der Waals surface area contributed by atoms with Crippen molar-refractivity contribution in [1.82, 2.24) is 19.5 Å². The van der Waals surface area contributed by atoms with Crippen LogP contribution >= 0.6 is 0 Å². The van der Waals surface area contributed by atoms with E-state index in [1.165, 1.54) is 31.4 Å². The Balaban J connectivity index is 1.88. The van der Waals surface area contributed by atoms with Gasteiger partial charge in [-0.15, -0.1) is 0 Å². The lowest BCUT2D eigenvalue weighted by Crippen LogP contribution is -2.37. The van der Waals surface area contributed by atoms with Gasteiger partial charge in [0.15, 0.2) is 5.65 Å². The summed E-state index contributed by atoms with van der Waals surface area (Å²) >= 11 is 0. The Kier molecular flexibility index (Phi) is 2.91. The number of hydrogen-bond donors (Lipinski definition) is 1. The summed E-state index contributed by atoms with van der Waals surface area (Å²) in [6.07, 6.45) is 8.56. The molecule has 1 aliphatic heterocycles. The highest BCUT2D eigenvalue weighted by atomic mass is 15.3. The molecule has 3 rings (SSSR count). The average molecular weight is 245 g/mol. The number of likely N-dealkylation sites (N-methyl/N-ethyl adjacent to an activating group) is 1. The van der Waals surface area contributed by atoms with Crippen molar-refractivity contribution in [2.24, 2.45) is 0 Å². The fourth-order valence-corrected chi connectivity index (χ4v) is 2.76. The summed E-state index contributed by atoms with van der Waals surface area (Å²) < 4.78 is 1.72. The second kappa shape index (κ2) is 4.57. The van der Waals surface area contributed by atoms with E-state index >= 15 is 0 Å². The maximum Gasteiger partial charge on any atom is 0.160 e. The van der Waals surface area contributed by atoms with E-state index in [9.17, 15) is 0 Å². The van der Waals surface area contributed by atoms with Crippen LogP contribution in [0.2, 0.25) is 0 Å². The molecule has 2 N–H and O–H groups in total. The predicted molar refractivity (Wildman–Crippen MR) is 71.4 cm³/mol. The summed E-state index contributed by atoms with van der Waals surface area (Å²) in [5, 5.41) is 4.32. The van der Waals surface area contributed by atoms with Gasteiger partial charge >= 0.3 is 0 Å². The maximum absolute atomic E-state index is 5.88.